The van der Waals surface area contributed by atoms with Gasteiger partial charge < -0.3 is 19.5 Å². The van der Waals surface area contributed by atoms with Crippen molar-refractivity contribution in [3.63, 3.8) is 0 Å². The number of benzene rings is 1. The van der Waals surface area contributed by atoms with Gasteiger partial charge in [-0.05, 0) is 18.2 Å². The van der Waals surface area contributed by atoms with Crippen LogP contribution < -0.4 is 20.8 Å². The number of nitrogens with one attached hydrogen (secondary N) is 2. The molecule has 0 saturated heterocycles. The van der Waals surface area contributed by atoms with Crippen LogP contribution in [-0.2, 0) is 11.2 Å². The molecule has 4 rings (SSSR count). The predicted octanol–water partition coefficient (Wildman–Crippen LogP) is 2.96. The number of nitrogens with zero attached hydrogens (tertiary/aromatic N) is 2. The molecule has 0 spiro atoms. The molecule has 3 heterocycles. The minimum Gasteiger partial charge on any atom is -0.481 e. The monoisotopic (exact) mass is 516 g/mol. The number of halogens is 2. The van der Waals surface area contributed by atoms with Crippen molar-refractivity contribution in [2.75, 3.05) is 19.0 Å². The molecule has 0 radical (unpaired) electrons. The summed E-state index contributed by atoms with van der Waals surface area (Å²) >= 11 is 0. The molecule has 2 N–H and O–H groups in total. The van der Waals surface area contributed by atoms with Crippen molar-refractivity contribution >= 4 is 30.8 Å². The van der Waals surface area contributed by atoms with Gasteiger partial charge in [-0.1, -0.05) is 26.1 Å². The molecular weight excluding hydrogens is 490 g/mol. The Bertz CT molecular complexity index is 1360. The van der Waals surface area contributed by atoms with E-state index in [1.165, 1.54) is 12.0 Å². The molecule has 0 fully saturated rings. The number of rotatable bonds is 6. The molecule has 190 valence electrons. The highest BCUT2D eigenvalue weighted by Gasteiger charge is 2.39. The molecule has 0 unspecified atom stereocenters. The minimum absolute atomic E-state index is 0.0709. The molecule has 1 atom stereocenters. The predicted molar refractivity (Wildman–Crippen MR) is 130 cm³/mol. The molecule has 0 bridgehead atoms. The fourth-order valence-electron chi connectivity index (χ4n) is 4.29. The number of H-pyrrole nitrogens is 1. The number of pyridine rings is 1. The highest BCUT2D eigenvalue weighted by molar-refractivity contribution is 6.89. The Morgan fingerprint density at radius 1 is 1.25 bits per heavy atom. The molecule has 9 nitrogen and oxygen atoms in total. The molecule has 2 aromatic heterocycles. The maximum absolute atomic E-state index is 14.9. The first-order valence-electron chi connectivity index (χ1n) is 11.4. The Kier molecular flexibility index (Phi) is 6.80. The summed E-state index contributed by atoms with van der Waals surface area (Å²) < 4.78 is 40.0. The van der Waals surface area contributed by atoms with Gasteiger partial charge in [-0.25, -0.2) is 13.8 Å². The maximum atomic E-state index is 14.9. The molecule has 1 aliphatic heterocycles. The van der Waals surface area contributed by atoms with E-state index < -0.39 is 43.1 Å². The summed E-state index contributed by atoms with van der Waals surface area (Å²) in [5.41, 5.74) is 0.280. The van der Waals surface area contributed by atoms with Crippen molar-refractivity contribution in [1.82, 2.24) is 15.0 Å². The minimum atomic E-state index is -2.33. The highest BCUT2D eigenvalue weighted by atomic mass is 28.3. The first-order valence-corrected chi connectivity index (χ1v) is 14.6. The van der Waals surface area contributed by atoms with Crippen LogP contribution >= 0.6 is 0 Å². The van der Waals surface area contributed by atoms with E-state index in [0.29, 0.717) is 29.6 Å². The second-order valence-electron chi connectivity index (χ2n) is 9.16. The molecule has 0 aliphatic carbocycles. The number of aromatic nitrogens is 2. The van der Waals surface area contributed by atoms with Crippen molar-refractivity contribution < 1.29 is 27.6 Å². The Morgan fingerprint density at radius 3 is 2.53 bits per heavy atom. The molecule has 1 aromatic carbocycles. The summed E-state index contributed by atoms with van der Waals surface area (Å²) in [6.07, 6.45) is 0.311. The van der Waals surface area contributed by atoms with Gasteiger partial charge in [0.05, 0.1) is 26.9 Å². The van der Waals surface area contributed by atoms with Crippen LogP contribution in [0.3, 0.4) is 0 Å². The van der Waals surface area contributed by atoms with Crippen LogP contribution in [0, 0.1) is 11.6 Å². The standard InChI is InChI=1S/C24H26F2N4O5Si/c1-5-36(3,4)22-15(25)10-13(11-16(22)26)27-23(32)21-14-6-7-20(34-2)28-17(14)8-9-30(21)24(33)18-12-19(31)29-35-18/h6-7,10-12,21H,5,8-9H2,1-4H3,(H,27,32)(H,29,31)/t21-/m1/s1. The zero-order valence-electron chi connectivity index (χ0n) is 20.3. The fourth-order valence-corrected chi connectivity index (χ4v) is 6.08. The summed E-state index contributed by atoms with van der Waals surface area (Å²) in [5.74, 6) is -2.77. The number of aromatic amines is 1. The topological polar surface area (TPSA) is 118 Å². The van der Waals surface area contributed by atoms with Gasteiger partial charge in [0.1, 0.15) is 17.7 Å². The molecular formula is C24H26F2N4O5Si. The zero-order valence-corrected chi connectivity index (χ0v) is 21.3. The van der Waals surface area contributed by atoms with E-state index in [4.69, 9.17) is 9.26 Å². The number of anilines is 1. The largest absolute Gasteiger partial charge is 0.481 e. The number of fused-ring (bicyclic) bond motifs is 1. The number of carbonyl (C=O) groups excluding carboxylic acids is 2. The summed E-state index contributed by atoms with van der Waals surface area (Å²) in [6, 6.07) is 5.78. The second kappa shape index (κ2) is 9.68. The normalized spacial score (nSPS) is 15.4. The molecule has 36 heavy (non-hydrogen) atoms. The Morgan fingerprint density at radius 2 is 1.94 bits per heavy atom. The molecule has 3 aromatic rings. The number of ether oxygens (including phenoxy) is 1. The summed E-state index contributed by atoms with van der Waals surface area (Å²) in [7, 11) is -0.871. The van der Waals surface area contributed by atoms with Crippen LogP contribution in [-0.4, -0.2) is 48.6 Å². The lowest BCUT2D eigenvalue weighted by Crippen LogP contribution is -2.46. The lowest BCUT2D eigenvalue weighted by molar-refractivity contribution is -0.121. The van der Waals surface area contributed by atoms with Crippen LogP contribution in [0.4, 0.5) is 14.5 Å². The third kappa shape index (κ3) is 4.68. The van der Waals surface area contributed by atoms with E-state index >= 15 is 0 Å². The lowest BCUT2D eigenvalue weighted by Gasteiger charge is -2.35. The van der Waals surface area contributed by atoms with Crippen molar-refractivity contribution in [2.24, 2.45) is 0 Å². The molecule has 2 amide bonds. The van der Waals surface area contributed by atoms with Crippen LogP contribution in [0.1, 0.15) is 34.8 Å². The molecule has 12 heteroatoms. The number of amides is 2. The van der Waals surface area contributed by atoms with Gasteiger partial charge in [-0.2, -0.15) is 5.16 Å². The Balaban J connectivity index is 1.72. The van der Waals surface area contributed by atoms with E-state index in [9.17, 15) is 23.2 Å². The number of hydrogen-bond donors (Lipinski definition) is 2. The SMILES string of the molecule is CC[Si](C)(C)c1c(F)cc(NC(=O)[C@H]2c3ccc(OC)nc3CCN2C(=O)c2cc(=O)[nH]o2)cc1F. The van der Waals surface area contributed by atoms with Crippen molar-refractivity contribution in [3.05, 3.63) is 69.3 Å². The Labute approximate surface area is 206 Å². The maximum Gasteiger partial charge on any atom is 0.293 e. The van der Waals surface area contributed by atoms with E-state index in [0.717, 1.165) is 18.2 Å². The highest BCUT2D eigenvalue weighted by Crippen LogP contribution is 2.33. The average Bonchev–Trinajstić information content (AvgIpc) is 3.27. The Hall–Kier alpha value is -3.80. The van der Waals surface area contributed by atoms with E-state index in [2.05, 4.69) is 15.5 Å². The summed E-state index contributed by atoms with van der Waals surface area (Å²) in [4.78, 5) is 43.7. The first kappa shape index (κ1) is 25.3. The van der Waals surface area contributed by atoms with Gasteiger partial charge in [-0.3, -0.25) is 14.4 Å². The summed E-state index contributed by atoms with van der Waals surface area (Å²) in [5, 5.41) is 4.67. The van der Waals surface area contributed by atoms with Crippen LogP contribution in [0.25, 0.3) is 0 Å². The fraction of sp³-hybridized carbons (Fsp3) is 0.333. The zero-order chi connectivity index (χ0) is 26.2. The number of methoxy groups -OCH3 is 1. The quantitative estimate of drug-likeness (QED) is 0.487. The lowest BCUT2D eigenvalue weighted by atomic mass is 9.95. The molecule has 0 saturated carbocycles. The first-order chi connectivity index (χ1) is 17.1. The smallest absolute Gasteiger partial charge is 0.293 e. The second-order valence-corrected chi connectivity index (χ2v) is 14.1. The van der Waals surface area contributed by atoms with Crippen LogP contribution in [0.15, 0.2) is 39.6 Å². The van der Waals surface area contributed by atoms with Gasteiger partial charge in [0.15, 0.2) is 0 Å². The molecule has 1 aliphatic rings. The average molecular weight is 517 g/mol. The van der Waals surface area contributed by atoms with Crippen LogP contribution in [0.5, 0.6) is 5.88 Å². The van der Waals surface area contributed by atoms with Crippen molar-refractivity contribution in [3.8, 4) is 5.88 Å². The van der Waals surface area contributed by atoms with E-state index in [1.807, 2.05) is 20.0 Å². The van der Waals surface area contributed by atoms with Gasteiger partial charge in [0.2, 0.25) is 11.6 Å². The third-order valence-corrected chi connectivity index (χ3v) is 10.1. The van der Waals surface area contributed by atoms with Crippen molar-refractivity contribution in [1.29, 1.82) is 0 Å². The van der Waals surface area contributed by atoms with E-state index in [-0.39, 0.29) is 23.2 Å². The van der Waals surface area contributed by atoms with Crippen molar-refractivity contribution in [2.45, 2.75) is 38.5 Å². The van der Waals surface area contributed by atoms with Gasteiger partial charge in [0, 0.05) is 35.5 Å². The van der Waals surface area contributed by atoms with Gasteiger partial charge >= 0.3 is 0 Å². The van der Waals surface area contributed by atoms with E-state index in [1.54, 1.807) is 12.1 Å². The van der Waals surface area contributed by atoms with Crippen LogP contribution in [0.2, 0.25) is 19.1 Å². The van der Waals surface area contributed by atoms with Gasteiger partial charge in [0.25, 0.3) is 17.4 Å². The number of carbonyl (C=O) groups is 2. The number of hydrogen-bond acceptors (Lipinski definition) is 6. The van der Waals surface area contributed by atoms with Gasteiger partial charge in [-0.15, -0.1) is 0 Å². The third-order valence-electron chi connectivity index (χ3n) is 6.50. The summed E-state index contributed by atoms with van der Waals surface area (Å²) in [6.45, 7) is 5.71.